The Morgan fingerprint density at radius 2 is 2.24 bits per heavy atom. The fourth-order valence-corrected chi connectivity index (χ4v) is 1.49. The molecule has 17 heavy (non-hydrogen) atoms. The molecule has 1 heterocycles. The zero-order chi connectivity index (χ0) is 12.8. The van der Waals surface area contributed by atoms with Crippen LogP contribution in [0.5, 0.6) is 0 Å². The maximum absolute atomic E-state index is 11.0. The third-order valence-electron chi connectivity index (χ3n) is 2.01. The smallest absolute Gasteiger partial charge is 0.339 e. The summed E-state index contributed by atoms with van der Waals surface area (Å²) in [5, 5.41) is 14.3. The highest BCUT2D eigenvalue weighted by Gasteiger charge is 2.11. The van der Waals surface area contributed by atoms with Crippen molar-refractivity contribution in [3.05, 3.63) is 22.3 Å². The molecule has 0 unspecified atom stereocenters. The van der Waals surface area contributed by atoms with E-state index in [-0.39, 0.29) is 23.7 Å². The second kappa shape index (κ2) is 6.19. The van der Waals surface area contributed by atoms with Crippen molar-refractivity contribution in [2.24, 2.45) is 0 Å². The highest BCUT2D eigenvalue weighted by Crippen LogP contribution is 2.17. The molecule has 0 aliphatic rings. The van der Waals surface area contributed by atoms with Crippen LogP contribution in [-0.2, 0) is 4.79 Å². The molecule has 0 aliphatic carbocycles. The van der Waals surface area contributed by atoms with E-state index in [4.69, 9.17) is 5.11 Å². The number of nitrogens with zero attached hydrogens (tertiary/aromatic N) is 1. The summed E-state index contributed by atoms with van der Waals surface area (Å²) in [6.07, 6.45) is 1.75. The van der Waals surface area contributed by atoms with Crippen molar-refractivity contribution in [2.75, 3.05) is 18.9 Å². The third kappa shape index (κ3) is 4.03. The molecule has 0 saturated heterocycles. The van der Waals surface area contributed by atoms with Gasteiger partial charge in [-0.3, -0.25) is 4.79 Å². The minimum absolute atomic E-state index is 0.0660. The minimum Gasteiger partial charge on any atom is -0.478 e. The van der Waals surface area contributed by atoms with E-state index in [0.717, 1.165) is 0 Å². The van der Waals surface area contributed by atoms with Crippen LogP contribution < -0.4 is 10.6 Å². The van der Waals surface area contributed by atoms with Crippen molar-refractivity contribution in [1.29, 1.82) is 0 Å². The van der Waals surface area contributed by atoms with Gasteiger partial charge in [-0.05, 0) is 22.0 Å². The summed E-state index contributed by atoms with van der Waals surface area (Å²) >= 11 is 3.15. The van der Waals surface area contributed by atoms with E-state index in [1.165, 1.54) is 12.3 Å². The van der Waals surface area contributed by atoms with Gasteiger partial charge in [0.15, 0.2) is 0 Å². The number of carboxylic acid groups (broad SMARTS) is 1. The van der Waals surface area contributed by atoms with Crippen LogP contribution in [0.3, 0.4) is 0 Å². The molecule has 1 rings (SSSR count). The lowest BCUT2D eigenvalue weighted by molar-refractivity contribution is -0.120. The van der Waals surface area contributed by atoms with Crippen molar-refractivity contribution in [1.82, 2.24) is 10.3 Å². The highest BCUT2D eigenvalue weighted by molar-refractivity contribution is 9.10. The number of carboxylic acids is 1. The second-order valence-electron chi connectivity index (χ2n) is 3.20. The summed E-state index contributed by atoms with van der Waals surface area (Å²) in [7, 11) is 1.54. The summed E-state index contributed by atoms with van der Waals surface area (Å²) in [5.41, 5.74) is 0.0660. The van der Waals surface area contributed by atoms with Gasteiger partial charge in [-0.1, -0.05) is 0 Å². The molecule has 1 aromatic heterocycles. The first kappa shape index (κ1) is 13.4. The molecule has 0 atom stereocenters. The number of carbonyl (C=O) groups is 2. The molecule has 0 spiro atoms. The predicted octanol–water partition coefficient (Wildman–Crippen LogP) is 1.09. The van der Waals surface area contributed by atoms with Crippen LogP contribution in [0.2, 0.25) is 0 Å². The molecule has 6 nitrogen and oxygen atoms in total. The molecular weight excluding hydrogens is 290 g/mol. The summed E-state index contributed by atoms with van der Waals surface area (Å²) in [6.45, 7) is 0.328. The van der Waals surface area contributed by atoms with Crippen LogP contribution in [0.1, 0.15) is 16.8 Å². The molecule has 0 aliphatic heterocycles. The van der Waals surface area contributed by atoms with Crippen LogP contribution >= 0.6 is 15.9 Å². The minimum atomic E-state index is -1.07. The van der Waals surface area contributed by atoms with Crippen LogP contribution in [0.25, 0.3) is 0 Å². The predicted molar refractivity (Wildman–Crippen MR) is 66.1 cm³/mol. The Morgan fingerprint density at radius 1 is 1.53 bits per heavy atom. The Labute approximate surface area is 107 Å². The van der Waals surface area contributed by atoms with E-state index in [9.17, 15) is 9.59 Å². The van der Waals surface area contributed by atoms with E-state index >= 15 is 0 Å². The Hall–Kier alpha value is -1.63. The fourth-order valence-electron chi connectivity index (χ4n) is 1.16. The summed E-state index contributed by atoms with van der Waals surface area (Å²) in [6, 6.07) is 1.46. The van der Waals surface area contributed by atoms with Gasteiger partial charge in [0, 0.05) is 30.7 Å². The van der Waals surface area contributed by atoms with Crippen molar-refractivity contribution in [2.45, 2.75) is 6.42 Å². The second-order valence-corrected chi connectivity index (χ2v) is 4.12. The van der Waals surface area contributed by atoms with E-state index in [1.54, 1.807) is 7.05 Å². The molecule has 0 aromatic carbocycles. The van der Waals surface area contributed by atoms with Gasteiger partial charge in [-0.2, -0.15) is 0 Å². The SMILES string of the molecule is CNC(=O)CCNc1ncc(Br)cc1C(=O)O. The maximum atomic E-state index is 11.0. The van der Waals surface area contributed by atoms with Crippen molar-refractivity contribution < 1.29 is 14.7 Å². The lowest BCUT2D eigenvalue weighted by Gasteiger charge is -2.08. The topological polar surface area (TPSA) is 91.3 Å². The van der Waals surface area contributed by atoms with Gasteiger partial charge in [-0.15, -0.1) is 0 Å². The van der Waals surface area contributed by atoms with Gasteiger partial charge in [0.1, 0.15) is 11.4 Å². The number of rotatable bonds is 5. The van der Waals surface area contributed by atoms with E-state index < -0.39 is 5.97 Å². The zero-order valence-electron chi connectivity index (χ0n) is 9.16. The lowest BCUT2D eigenvalue weighted by Crippen LogP contribution is -2.21. The summed E-state index contributed by atoms with van der Waals surface area (Å²) in [5.74, 6) is -0.933. The largest absolute Gasteiger partial charge is 0.478 e. The number of aromatic nitrogens is 1. The van der Waals surface area contributed by atoms with E-state index in [0.29, 0.717) is 11.0 Å². The highest BCUT2D eigenvalue weighted by atomic mass is 79.9. The molecule has 92 valence electrons. The normalized spacial score (nSPS) is 9.76. The number of hydrogen-bond donors (Lipinski definition) is 3. The number of carbonyl (C=O) groups excluding carboxylic acids is 1. The van der Waals surface area contributed by atoms with Gasteiger partial charge >= 0.3 is 5.97 Å². The molecule has 3 N–H and O–H groups in total. The van der Waals surface area contributed by atoms with Gasteiger partial charge in [0.05, 0.1) is 0 Å². The number of anilines is 1. The first-order valence-corrected chi connectivity index (χ1v) is 5.67. The quantitative estimate of drug-likeness (QED) is 0.757. The molecular formula is C10H12BrN3O3. The molecule has 0 saturated carbocycles. The maximum Gasteiger partial charge on any atom is 0.339 e. The van der Waals surface area contributed by atoms with Crippen molar-refractivity contribution in [3.8, 4) is 0 Å². The number of aromatic carboxylic acids is 1. The third-order valence-corrected chi connectivity index (χ3v) is 2.44. The average Bonchev–Trinajstić information content (AvgIpc) is 2.30. The molecule has 1 amide bonds. The molecule has 0 bridgehead atoms. The molecule has 0 radical (unpaired) electrons. The van der Waals surface area contributed by atoms with E-state index in [1.807, 2.05) is 0 Å². The van der Waals surface area contributed by atoms with Crippen LogP contribution in [0.4, 0.5) is 5.82 Å². The summed E-state index contributed by atoms with van der Waals surface area (Å²) in [4.78, 5) is 25.9. The molecule has 7 heteroatoms. The number of hydrogen-bond acceptors (Lipinski definition) is 4. The number of amides is 1. The summed E-state index contributed by atoms with van der Waals surface area (Å²) < 4.78 is 0.590. The Morgan fingerprint density at radius 3 is 2.82 bits per heavy atom. The fraction of sp³-hybridized carbons (Fsp3) is 0.300. The van der Waals surface area contributed by atoms with Gasteiger partial charge in [-0.25, -0.2) is 9.78 Å². The number of nitrogens with one attached hydrogen (secondary N) is 2. The monoisotopic (exact) mass is 301 g/mol. The molecule has 1 aromatic rings. The molecule has 0 fully saturated rings. The first-order chi connectivity index (χ1) is 8.04. The number of pyridine rings is 1. The van der Waals surface area contributed by atoms with Crippen LogP contribution in [-0.4, -0.2) is 35.6 Å². The lowest BCUT2D eigenvalue weighted by atomic mass is 10.2. The van der Waals surface area contributed by atoms with Gasteiger partial charge < -0.3 is 15.7 Å². The van der Waals surface area contributed by atoms with Crippen LogP contribution in [0.15, 0.2) is 16.7 Å². The Kier molecular flexibility index (Phi) is 4.89. The number of halogens is 1. The average molecular weight is 302 g/mol. The Bertz CT molecular complexity index is 437. The van der Waals surface area contributed by atoms with Gasteiger partial charge in [0.2, 0.25) is 5.91 Å². The standard InChI is InChI=1S/C10H12BrN3O3/c1-12-8(15)2-3-13-9-7(10(16)17)4-6(11)5-14-9/h4-5H,2-3H2,1H3,(H,12,15)(H,13,14)(H,16,17). The van der Waals surface area contributed by atoms with E-state index in [2.05, 4.69) is 31.5 Å². The Balaban J connectivity index is 2.70. The van der Waals surface area contributed by atoms with Gasteiger partial charge in [0.25, 0.3) is 0 Å². The van der Waals surface area contributed by atoms with Crippen molar-refractivity contribution >= 4 is 33.6 Å². The zero-order valence-corrected chi connectivity index (χ0v) is 10.7. The van der Waals surface area contributed by atoms with Crippen molar-refractivity contribution in [3.63, 3.8) is 0 Å². The first-order valence-electron chi connectivity index (χ1n) is 4.88. The van der Waals surface area contributed by atoms with Crippen LogP contribution in [0, 0.1) is 0 Å².